The molecule has 0 bridgehead atoms. The monoisotopic (exact) mass is 236 g/mol. The molecule has 0 aliphatic heterocycles. The first kappa shape index (κ1) is 11.4. The molecule has 2 aromatic heterocycles. The summed E-state index contributed by atoms with van der Waals surface area (Å²) in [5, 5.41) is 6.89. The Hall–Kier alpha value is -1.10. The van der Waals surface area contributed by atoms with Crippen LogP contribution in [0.25, 0.3) is 11.0 Å². The van der Waals surface area contributed by atoms with E-state index in [-0.39, 0.29) is 0 Å². The molecule has 0 aliphatic carbocycles. The highest BCUT2D eigenvalue weighted by atomic mass is 32.2. The van der Waals surface area contributed by atoms with Crippen molar-refractivity contribution < 1.29 is 0 Å². The molecule has 1 atom stereocenters. The molecule has 16 heavy (non-hydrogen) atoms. The maximum Gasteiger partial charge on any atom is 0.162 e. The second kappa shape index (κ2) is 4.82. The smallest absolute Gasteiger partial charge is 0.162 e. The SMILES string of the molecule is CCCC(C)Sc1ncnc2c1cnn2C. The van der Waals surface area contributed by atoms with Crippen LogP contribution in [0.2, 0.25) is 0 Å². The first-order valence-corrected chi connectivity index (χ1v) is 6.39. The standard InChI is InChI=1S/C11H16N4S/c1-4-5-8(2)16-11-9-6-14-15(3)10(9)12-7-13-11/h6-8H,4-5H2,1-3H3. The van der Waals surface area contributed by atoms with Crippen LogP contribution < -0.4 is 0 Å². The van der Waals surface area contributed by atoms with Crippen molar-refractivity contribution in [2.45, 2.75) is 37.0 Å². The zero-order valence-corrected chi connectivity index (χ0v) is 10.7. The van der Waals surface area contributed by atoms with E-state index < -0.39 is 0 Å². The fourth-order valence-corrected chi connectivity index (χ4v) is 2.80. The second-order valence-electron chi connectivity index (χ2n) is 3.90. The van der Waals surface area contributed by atoms with Gasteiger partial charge in [-0.1, -0.05) is 20.3 Å². The minimum Gasteiger partial charge on any atom is -0.250 e. The van der Waals surface area contributed by atoms with Gasteiger partial charge in [0.1, 0.15) is 11.4 Å². The van der Waals surface area contributed by atoms with Crippen molar-refractivity contribution in [3.8, 4) is 0 Å². The van der Waals surface area contributed by atoms with Gasteiger partial charge in [0.2, 0.25) is 0 Å². The summed E-state index contributed by atoms with van der Waals surface area (Å²) in [6.45, 7) is 4.44. The van der Waals surface area contributed by atoms with E-state index in [2.05, 4.69) is 28.9 Å². The van der Waals surface area contributed by atoms with Gasteiger partial charge in [-0.25, -0.2) is 9.97 Å². The highest BCUT2D eigenvalue weighted by Crippen LogP contribution is 2.29. The predicted octanol–water partition coefficient (Wildman–Crippen LogP) is 2.64. The average Bonchev–Trinajstić information content (AvgIpc) is 2.62. The lowest BCUT2D eigenvalue weighted by Gasteiger charge is -2.08. The number of aromatic nitrogens is 4. The Labute approximate surface area is 99.5 Å². The largest absolute Gasteiger partial charge is 0.250 e. The maximum atomic E-state index is 4.34. The van der Waals surface area contributed by atoms with Gasteiger partial charge in [-0.2, -0.15) is 5.10 Å². The Bertz CT molecular complexity index is 480. The fourth-order valence-electron chi connectivity index (χ4n) is 1.69. The van der Waals surface area contributed by atoms with Crippen LogP contribution in [0.4, 0.5) is 0 Å². The van der Waals surface area contributed by atoms with Crippen LogP contribution in [0, 0.1) is 0 Å². The van der Waals surface area contributed by atoms with Gasteiger partial charge in [-0.05, 0) is 6.42 Å². The summed E-state index contributed by atoms with van der Waals surface area (Å²) in [4.78, 5) is 8.57. The molecule has 0 aliphatic rings. The van der Waals surface area contributed by atoms with Crippen molar-refractivity contribution in [2.24, 2.45) is 7.05 Å². The Morgan fingerprint density at radius 2 is 2.25 bits per heavy atom. The summed E-state index contributed by atoms with van der Waals surface area (Å²) in [6.07, 6.45) is 5.87. The molecule has 5 heteroatoms. The van der Waals surface area contributed by atoms with Crippen LogP contribution in [0.1, 0.15) is 26.7 Å². The molecule has 0 N–H and O–H groups in total. The zero-order valence-electron chi connectivity index (χ0n) is 9.84. The van der Waals surface area contributed by atoms with E-state index in [0.29, 0.717) is 5.25 Å². The van der Waals surface area contributed by atoms with E-state index in [9.17, 15) is 0 Å². The van der Waals surface area contributed by atoms with Crippen LogP contribution in [0.15, 0.2) is 17.6 Å². The number of hydrogen-bond acceptors (Lipinski definition) is 4. The van der Waals surface area contributed by atoms with E-state index in [4.69, 9.17) is 0 Å². The van der Waals surface area contributed by atoms with Gasteiger partial charge in [0.25, 0.3) is 0 Å². The van der Waals surface area contributed by atoms with Crippen molar-refractivity contribution in [1.82, 2.24) is 19.7 Å². The molecule has 0 fully saturated rings. The fraction of sp³-hybridized carbons (Fsp3) is 0.545. The summed E-state index contributed by atoms with van der Waals surface area (Å²) >= 11 is 1.81. The van der Waals surface area contributed by atoms with Crippen LogP contribution in [0.3, 0.4) is 0 Å². The van der Waals surface area contributed by atoms with E-state index in [0.717, 1.165) is 16.1 Å². The second-order valence-corrected chi connectivity index (χ2v) is 5.33. The lowest BCUT2D eigenvalue weighted by molar-refractivity contribution is 0.782. The number of rotatable bonds is 4. The molecule has 0 saturated heterocycles. The lowest BCUT2D eigenvalue weighted by atomic mass is 10.3. The van der Waals surface area contributed by atoms with Crippen LogP contribution in [0.5, 0.6) is 0 Å². The molecular formula is C11H16N4S. The number of nitrogens with zero attached hydrogens (tertiary/aromatic N) is 4. The molecule has 86 valence electrons. The lowest BCUT2D eigenvalue weighted by Crippen LogP contribution is -1.97. The number of aryl methyl sites for hydroxylation is 1. The van der Waals surface area contributed by atoms with Gasteiger partial charge in [-0.3, -0.25) is 4.68 Å². The molecule has 0 radical (unpaired) electrons. The van der Waals surface area contributed by atoms with Crippen molar-refractivity contribution in [3.05, 3.63) is 12.5 Å². The van der Waals surface area contributed by atoms with E-state index >= 15 is 0 Å². The minimum atomic E-state index is 0.586. The quantitative estimate of drug-likeness (QED) is 0.604. The topological polar surface area (TPSA) is 43.6 Å². The predicted molar refractivity (Wildman–Crippen MR) is 66.5 cm³/mol. The third-order valence-corrected chi connectivity index (χ3v) is 3.69. The normalized spacial score (nSPS) is 13.2. The van der Waals surface area contributed by atoms with Gasteiger partial charge >= 0.3 is 0 Å². The number of fused-ring (bicyclic) bond motifs is 1. The number of hydrogen-bond donors (Lipinski definition) is 0. The molecule has 0 amide bonds. The first-order valence-electron chi connectivity index (χ1n) is 5.51. The van der Waals surface area contributed by atoms with Crippen molar-refractivity contribution in [3.63, 3.8) is 0 Å². The maximum absolute atomic E-state index is 4.34. The Morgan fingerprint density at radius 3 is 3.00 bits per heavy atom. The summed E-state index contributed by atoms with van der Waals surface area (Å²) in [6, 6.07) is 0. The Kier molecular flexibility index (Phi) is 3.43. The average molecular weight is 236 g/mol. The van der Waals surface area contributed by atoms with Gasteiger partial charge in [0, 0.05) is 12.3 Å². The molecule has 4 nitrogen and oxygen atoms in total. The minimum absolute atomic E-state index is 0.586. The van der Waals surface area contributed by atoms with Crippen molar-refractivity contribution >= 4 is 22.8 Å². The highest BCUT2D eigenvalue weighted by Gasteiger charge is 2.11. The molecule has 2 heterocycles. The van der Waals surface area contributed by atoms with Crippen LogP contribution >= 0.6 is 11.8 Å². The zero-order chi connectivity index (χ0) is 11.5. The molecular weight excluding hydrogens is 220 g/mol. The molecule has 0 saturated carbocycles. The first-order chi connectivity index (χ1) is 7.72. The summed E-state index contributed by atoms with van der Waals surface area (Å²) in [5.74, 6) is 0. The van der Waals surface area contributed by atoms with E-state index in [1.54, 1.807) is 22.8 Å². The molecule has 1 unspecified atom stereocenters. The van der Waals surface area contributed by atoms with Gasteiger partial charge < -0.3 is 0 Å². The van der Waals surface area contributed by atoms with E-state index in [1.165, 1.54) is 12.8 Å². The van der Waals surface area contributed by atoms with Gasteiger partial charge in [0.15, 0.2) is 5.65 Å². The summed E-state index contributed by atoms with van der Waals surface area (Å²) in [5.41, 5.74) is 0.904. The molecule has 2 rings (SSSR count). The molecule has 0 aromatic carbocycles. The van der Waals surface area contributed by atoms with E-state index in [1.807, 2.05) is 13.2 Å². The third kappa shape index (κ3) is 2.19. The molecule has 0 spiro atoms. The van der Waals surface area contributed by atoms with Gasteiger partial charge in [-0.15, -0.1) is 11.8 Å². The molecule has 2 aromatic rings. The highest BCUT2D eigenvalue weighted by molar-refractivity contribution is 8.00. The summed E-state index contributed by atoms with van der Waals surface area (Å²) in [7, 11) is 1.90. The number of thioether (sulfide) groups is 1. The Balaban J connectivity index is 2.30. The van der Waals surface area contributed by atoms with Gasteiger partial charge in [0.05, 0.1) is 11.6 Å². The van der Waals surface area contributed by atoms with Crippen LogP contribution in [-0.2, 0) is 7.05 Å². The van der Waals surface area contributed by atoms with Crippen LogP contribution in [-0.4, -0.2) is 25.0 Å². The third-order valence-electron chi connectivity index (χ3n) is 2.50. The Morgan fingerprint density at radius 1 is 1.44 bits per heavy atom. The van der Waals surface area contributed by atoms with Crippen molar-refractivity contribution in [1.29, 1.82) is 0 Å². The van der Waals surface area contributed by atoms with Crippen molar-refractivity contribution in [2.75, 3.05) is 0 Å². The summed E-state index contributed by atoms with van der Waals surface area (Å²) < 4.78 is 1.78.